The first kappa shape index (κ1) is 20.5. The molecule has 0 aliphatic carbocycles. The summed E-state index contributed by atoms with van der Waals surface area (Å²) in [6.45, 7) is 1.97. The van der Waals surface area contributed by atoms with Crippen LogP contribution in [0.3, 0.4) is 0 Å². The molecule has 2 heterocycles. The Morgan fingerprint density at radius 2 is 1.76 bits per heavy atom. The van der Waals surface area contributed by atoms with Crippen LogP contribution in [0, 0.1) is 6.92 Å². The Kier molecular flexibility index (Phi) is 4.94. The molecule has 1 amide bonds. The van der Waals surface area contributed by atoms with E-state index in [1.807, 2.05) is 67.1 Å². The molecule has 164 valence electrons. The lowest BCUT2D eigenvalue weighted by atomic mass is 10.1. The lowest BCUT2D eigenvalue weighted by Crippen LogP contribution is -2.27. The molecule has 7 nitrogen and oxygen atoms in total. The van der Waals surface area contributed by atoms with Crippen LogP contribution in [-0.2, 0) is 7.05 Å². The van der Waals surface area contributed by atoms with E-state index in [4.69, 9.17) is 4.74 Å². The van der Waals surface area contributed by atoms with Crippen LogP contribution in [0.4, 0.5) is 5.69 Å². The molecule has 5 aromatic rings. The summed E-state index contributed by atoms with van der Waals surface area (Å²) in [6.07, 6.45) is 0. The van der Waals surface area contributed by atoms with Crippen molar-refractivity contribution in [3.05, 3.63) is 94.4 Å². The zero-order chi connectivity index (χ0) is 23.1. The molecule has 0 saturated carbocycles. The van der Waals surface area contributed by atoms with Gasteiger partial charge in [0.15, 0.2) is 5.69 Å². The van der Waals surface area contributed by atoms with Crippen LogP contribution in [0.25, 0.3) is 27.5 Å². The van der Waals surface area contributed by atoms with Crippen molar-refractivity contribution in [2.24, 2.45) is 7.05 Å². The summed E-state index contributed by atoms with van der Waals surface area (Å²) in [7, 11) is 3.40. The van der Waals surface area contributed by atoms with Gasteiger partial charge in [-0.3, -0.25) is 9.59 Å². The van der Waals surface area contributed by atoms with Gasteiger partial charge in [-0.05, 0) is 37.3 Å². The Bertz CT molecular complexity index is 1580. The summed E-state index contributed by atoms with van der Waals surface area (Å²) < 4.78 is 8.37. The molecule has 33 heavy (non-hydrogen) atoms. The third-order valence-electron chi connectivity index (χ3n) is 5.76. The number of hydrogen-bond donors (Lipinski definition) is 1. The number of carbonyl (C=O) groups is 1. The molecule has 0 spiro atoms. The first-order chi connectivity index (χ1) is 16.0. The molecule has 3 aromatic carbocycles. The molecule has 2 aromatic heterocycles. The Morgan fingerprint density at radius 3 is 2.52 bits per heavy atom. The third-order valence-corrected chi connectivity index (χ3v) is 5.76. The number of nitrogens with zero attached hydrogens (tertiary/aromatic N) is 3. The van der Waals surface area contributed by atoms with E-state index in [1.54, 1.807) is 31.4 Å². The average molecular weight is 438 g/mol. The molecule has 7 heteroatoms. The summed E-state index contributed by atoms with van der Waals surface area (Å²) in [4.78, 5) is 27.0. The smallest absolute Gasteiger partial charge is 0.296 e. The zero-order valence-electron chi connectivity index (χ0n) is 18.5. The lowest BCUT2D eigenvalue weighted by Gasteiger charge is -2.11. The second-order valence-electron chi connectivity index (χ2n) is 7.89. The van der Waals surface area contributed by atoms with Crippen molar-refractivity contribution in [3.8, 4) is 11.4 Å². The maximum absolute atomic E-state index is 13.6. The number of methoxy groups -OCH3 is 1. The fourth-order valence-corrected chi connectivity index (χ4v) is 4.09. The van der Waals surface area contributed by atoms with Gasteiger partial charge in [-0.2, -0.15) is 9.78 Å². The van der Waals surface area contributed by atoms with E-state index in [9.17, 15) is 9.59 Å². The quantitative estimate of drug-likeness (QED) is 0.450. The van der Waals surface area contributed by atoms with Gasteiger partial charge in [-0.1, -0.05) is 42.0 Å². The highest BCUT2D eigenvalue weighted by Gasteiger charge is 2.23. The molecule has 0 aliphatic heterocycles. The van der Waals surface area contributed by atoms with Crippen LogP contribution >= 0.6 is 0 Å². The second-order valence-corrected chi connectivity index (χ2v) is 7.89. The fourth-order valence-electron chi connectivity index (χ4n) is 4.09. The zero-order valence-corrected chi connectivity index (χ0v) is 18.5. The number of aryl methyl sites for hydroxylation is 2. The fraction of sp³-hybridized carbons (Fsp3) is 0.115. The van der Waals surface area contributed by atoms with Crippen molar-refractivity contribution < 1.29 is 9.53 Å². The minimum atomic E-state index is -0.412. The molecule has 0 fully saturated rings. The summed E-state index contributed by atoms with van der Waals surface area (Å²) >= 11 is 0. The van der Waals surface area contributed by atoms with Gasteiger partial charge in [0, 0.05) is 35.1 Å². The SMILES string of the molecule is COc1cccc(NC(=O)c2nn(-c3ccc(C)cc3)c(=O)c3c2c2ccccc2n3C)c1. The number of benzene rings is 3. The first-order valence-electron chi connectivity index (χ1n) is 10.5. The number of amides is 1. The molecule has 0 atom stereocenters. The summed E-state index contributed by atoms with van der Waals surface area (Å²) in [5.41, 5.74) is 3.38. The predicted molar refractivity (Wildman–Crippen MR) is 130 cm³/mol. The number of aromatic nitrogens is 3. The Balaban J connectivity index is 1.78. The number of rotatable bonds is 4. The van der Waals surface area contributed by atoms with Crippen LogP contribution < -0.4 is 15.6 Å². The minimum absolute atomic E-state index is 0.171. The highest BCUT2D eigenvalue weighted by atomic mass is 16.5. The van der Waals surface area contributed by atoms with Gasteiger partial charge in [-0.25, -0.2) is 0 Å². The van der Waals surface area contributed by atoms with Crippen molar-refractivity contribution in [3.63, 3.8) is 0 Å². The van der Waals surface area contributed by atoms with Crippen molar-refractivity contribution in [2.45, 2.75) is 6.92 Å². The van der Waals surface area contributed by atoms with Crippen LogP contribution in [0.15, 0.2) is 77.6 Å². The van der Waals surface area contributed by atoms with Crippen LogP contribution in [0.2, 0.25) is 0 Å². The van der Waals surface area contributed by atoms with E-state index in [0.29, 0.717) is 28.0 Å². The van der Waals surface area contributed by atoms with E-state index in [0.717, 1.165) is 16.5 Å². The predicted octanol–water partition coefficient (Wildman–Crippen LogP) is 4.45. The van der Waals surface area contributed by atoms with Gasteiger partial charge in [0.25, 0.3) is 11.5 Å². The monoisotopic (exact) mass is 438 g/mol. The molecule has 5 rings (SSSR count). The first-order valence-corrected chi connectivity index (χ1v) is 10.5. The molecule has 1 N–H and O–H groups in total. The van der Waals surface area contributed by atoms with Gasteiger partial charge in [0.1, 0.15) is 11.3 Å². The van der Waals surface area contributed by atoms with Gasteiger partial charge in [0.05, 0.1) is 12.8 Å². The average Bonchev–Trinajstić information content (AvgIpc) is 3.13. The lowest BCUT2D eigenvalue weighted by molar-refractivity contribution is 0.102. The summed E-state index contributed by atoms with van der Waals surface area (Å²) in [6, 6.07) is 22.2. The number of nitrogens with one attached hydrogen (secondary N) is 1. The van der Waals surface area contributed by atoms with E-state index >= 15 is 0 Å². The molecular weight excluding hydrogens is 416 g/mol. The van der Waals surface area contributed by atoms with Gasteiger partial charge >= 0.3 is 0 Å². The molecule has 0 bridgehead atoms. The summed E-state index contributed by atoms with van der Waals surface area (Å²) in [5.74, 6) is 0.214. The number of fused-ring (bicyclic) bond motifs is 3. The Hall–Kier alpha value is -4.39. The highest BCUT2D eigenvalue weighted by Crippen LogP contribution is 2.29. The van der Waals surface area contributed by atoms with Crippen molar-refractivity contribution in [1.82, 2.24) is 14.3 Å². The molecule has 0 aliphatic rings. The van der Waals surface area contributed by atoms with E-state index < -0.39 is 5.91 Å². The highest BCUT2D eigenvalue weighted by molar-refractivity contribution is 6.19. The van der Waals surface area contributed by atoms with Crippen molar-refractivity contribution in [2.75, 3.05) is 12.4 Å². The second kappa shape index (κ2) is 7.94. The van der Waals surface area contributed by atoms with E-state index in [1.165, 1.54) is 4.68 Å². The van der Waals surface area contributed by atoms with Crippen molar-refractivity contribution in [1.29, 1.82) is 0 Å². The molecular formula is C26H22N4O3. The molecule has 0 saturated heterocycles. The Labute approximate surface area is 189 Å². The number of hydrogen-bond acceptors (Lipinski definition) is 4. The number of anilines is 1. The third kappa shape index (κ3) is 3.43. The van der Waals surface area contributed by atoms with Gasteiger partial charge in [-0.15, -0.1) is 0 Å². The molecule has 0 radical (unpaired) electrons. The number of carbonyl (C=O) groups excluding carboxylic acids is 1. The van der Waals surface area contributed by atoms with E-state index in [-0.39, 0.29) is 11.3 Å². The maximum atomic E-state index is 13.6. The van der Waals surface area contributed by atoms with Gasteiger partial charge < -0.3 is 14.6 Å². The topological polar surface area (TPSA) is 78.2 Å². The number of para-hydroxylation sites is 1. The Morgan fingerprint density at radius 1 is 1.00 bits per heavy atom. The minimum Gasteiger partial charge on any atom is -0.497 e. The molecule has 0 unspecified atom stereocenters. The summed E-state index contributed by atoms with van der Waals surface area (Å²) in [5, 5.41) is 8.78. The van der Waals surface area contributed by atoms with Gasteiger partial charge in [0.2, 0.25) is 0 Å². The van der Waals surface area contributed by atoms with Crippen LogP contribution in [-0.4, -0.2) is 27.4 Å². The standard InChI is InChI=1S/C26H22N4O3/c1-16-11-13-18(14-12-16)30-26(32)24-22(20-9-4-5-10-21(20)29(24)2)23(28-30)25(31)27-17-7-6-8-19(15-17)33-3/h4-15H,1-3H3,(H,27,31). The van der Waals surface area contributed by atoms with E-state index in [2.05, 4.69) is 10.4 Å². The maximum Gasteiger partial charge on any atom is 0.296 e. The van der Waals surface area contributed by atoms with Crippen LogP contribution in [0.5, 0.6) is 5.75 Å². The van der Waals surface area contributed by atoms with Crippen LogP contribution in [0.1, 0.15) is 16.1 Å². The largest absolute Gasteiger partial charge is 0.497 e. The number of ether oxygens (including phenoxy) is 1. The van der Waals surface area contributed by atoms with Crippen molar-refractivity contribution >= 4 is 33.4 Å². The normalized spacial score (nSPS) is 11.1.